The SMILES string of the molecule is CC(C)(C)[Si](C)(C)OCCOc1ccnc(CO)c1. The molecule has 0 saturated carbocycles. The first-order valence-corrected chi connectivity index (χ1v) is 9.49. The van der Waals surface area contributed by atoms with Crippen molar-refractivity contribution in [1.82, 2.24) is 4.98 Å². The number of hydrogen-bond donors (Lipinski definition) is 1. The van der Waals surface area contributed by atoms with E-state index >= 15 is 0 Å². The number of aliphatic hydroxyl groups is 1. The molecular formula is C14H25NO3Si. The van der Waals surface area contributed by atoms with Crippen LogP contribution in [0.3, 0.4) is 0 Å². The molecule has 19 heavy (non-hydrogen) atoms. The van der Waals surface area contributed by atoms with Crippen LogP contribution >= 0.6 is 0 Å². The maximum Gasteiger partial charge on any atom is 0.192 e. The minimum Gasteiger partial charge on any atom is -0.491 e. The summed E-state index contributed by atoms with van der Waals surface area (Å²) in [6.07, 6.45) is 1.63. The van der Waals surface area contributed by atoms with Crippen LogP contribution in [0.5, 0.6) is 5.75 Å². The van der Waals surface area contributed by atoms with Gasteiger partial charge in [-0.05, 0) is 24.2 Å². The lowest BCUT2D eigenvalue weighted by Crippen LogP contribution is -2.41. The Morgan fingerprint density at radius 2 is 1.95 bits per heavy atom. The van der Waals surface area contributed by atoms with Gasteiger partial charge >= 0.3 is 0 Å². The van der Waals surface area contributed by atoms with Crippen molar-refractivity contribution in [3.8, 4) is 5.75 Å². The average molecular weight is 283 g/mol. The summed E-state index contributed by atoms with van der Waals surface area (Å²) in [5.41, 5.74) is 0.614. The van der Waals surface area contributed by atoms with E-state index in [1.54, 1.807) is 18.3 Å². The van der Waals surface area contributed by atoms with Gasteiger partial charge in [-0.3, -0.25) is 4.98 Å². The van der Waals surface area contributed by atoms with Gasteiger partial charge in [0.15, 0.2) is 8.32 Å². The van der Waals surface area contributed by atoms with Crippen molar-refractivity contribution in [2.45, 2.75) is 45.5 Å². The molecule has 0 aromatic carbocycles. The summed E-state index contributed by atoms with van der Waals surface area (Å²) >= 11 is 0. The van der Waals surface area contributed by atoms with E-state index in [9.17, 15) is 0 Å². The third-order valence-electron chi connectivity index (χ3n) is 3.57. The predicted molar refractivity (Wildman–Crippen MR) is 78.8 cm³/mol. The Morgan fingerprint density at radius 3 is 2.53 bits per heavy atom. The van der Waals surface area contributed by atoms with E-state index in [4.69, 9.17) is 14.3 Å². The van der Waals surface area contributed by atoms with Crippen LogP contribution in [0.25, 0.3) is 0 Å². The van der Waals surface area contributed by atoms with Crippen molar-refractivity contribution < 1.29 is 14.3 Å². The fraction of sp³-hybridized carbons (Fsp3) is 0.643. The van der Waals surface area contributed by atoms with E-state index < -0.39 is 8.32 Å². The fourth-order valence-electron chi connectivity index (χ4n) is 1.31. The van der Waals surface area contributed by atoms with E-state index in [0.29, 0.717) is 18.9 Å². The zero-order valence-electron chi connectivity index (χ0n) is 12.6. The molecular weight excluding hydrogens is 258 g/mol. The minimum atomic E-state index is -1.69. The van der Waals surface area contributed by atoms with E-state index in [1.807, 2.05) is 0 Å². The molecule has 1 heterocycles. The summed E-state index contributed by atoms with van der Waals surface area (Å²) in [7, 11) is -1.69. The summed E-state index contributed by atoms with van der Waals surface area (Å²) in [6, 6.07) is 3.53. The Hall–Kier alpha value is -0.913. The van der Waals surface area contributed by atoms with Crippen LogP contribution in [0, 0.1) is 0 Å². The van der Waals surface area contributed by atoms with Crippen LogP contribution in [-0.2, 0) is 11.0 Å². The topological polar surface area (TPSA) is 51.6 Å². The largest absolute Gasteiger partial charge is 0.491 e. The standard InChI is InChI=1S/C14H25NO3Si/c1-14(2,3)19(4,5)18-9-8-17-13-6-7-15-12(10-13)11-16/h6-7,10,16H,8-9,11H2,1-5H3. The Kier molecular flexibility index (Phi) is 5.52. The van der Waals surface area contributed by atoms with Crippen molar-refractivity contribution in [3.05, 3.63) is 24.0 Å². The van der Waals surface area contributed by atoms with Crippen LogP contribution in [0.15, 0.2) is 18.3 Å². The molecule has 108 valence electrons. The number of nitrogens with zero attached hydrogens (tertiary/aromatic N) is 1. The molecule has 4 nitrogen and oxygen atoms in total. The summed E-state index contributed by atoms with van der Waals surface area (Å²) in [6.45, 7) is 12.1. The van der Waals surface area contributed by atoms with Crippen molar-refractivity contribution >= 4 is 8.32 Å². The van der Waals surface area contributed by atoms with Gasteiger partial charge in [0.05, 0.1) is 18.9 Å². The van der Waals surface area contributed by atoms with E-state index in [0.717, 1.165) is 5.75 Å². The fourth-order valence-corrected chi connectivity index (χ4v) is 2.33. The van der Waals surface area contributed by atoms with Crippen LogP contribution in [0.1, 0.15) is 26.5 Å². The normalized spacial score (nSPS) is 12.5. The Balaban J connectivity index is 2.39. The zero-order valence-corrected chi connectivity index (χ0v) is 13.6. The molecule has 0 bridgehead atoms. The van der Waals surface area contributed by atoms with Gasteiger partial charge in [-0.1, -0.05) is 20.8 Å². The van der Waals surface area contributed by atoms with Crippen molar-refractivity contribution in [3.63, 3.8) is 0 Å². The van der Waals surface area contributed by atoms with Gasteiger partial charge in [-0.2, -0.15) is 0 Å². The number of ether oxygens (including phenoxy) is 1. The van der Waals surface area contributed by atoms with Gasteiger partial charge in [0.2, 0.25) is 0 Å². The van der Waals surface area contributed by atoms with Gasteiger partial charge in [0.25, 0.3) is 0 Å². The molecule has 1 aromatic heterocycles. The number of rotatable bonds is 6. The van der Waals surface area contributed by atoms with E-state index in [-0.39, 0.29) is 11.6 Å². The van der Waals surface area contributed by atoms with E-state index in [1.165, 1.54) is 0 Å². The molecule has 0 aliphatic heterocycles. The van der Waals surface area contributed by atoms with Gasteiger partial charge in [-0.15, -0.1) is 0 Å². The molecule has 0 amide bonds. The zero-order chi connectivity index (χ0) is 14.5. The van der Waals surface area contributed by atoms with Crippen LogP contribution in [-0.4, -0.2) is 31.6 Å². The lowest BCUT2D eigenvalue weighted by molar-refractivity contribution is 0.203. The molecule has 0 unspecified atom stereocenters. The molecule has 0 aliphatic carbocycles. The maximum absolute atomic E-state index is 8.99. The number of aliphatic hydroxyl groups excluding tert-OH is 1. The third-order valence-corrected chi connectivity index (χ3v) is 8.11. The molecule has 0 atom stereocenters. The molecule has 1 rings (SSSR count). The first kappa shape index (κ1) is 16.1. The second-order valence-corrected chi connectivity index (χ2v) is 10.9. The molecule has 5 heteroatoms. The summed E-state index contributed by atoms with van der Waals surface area (Å²) in [5.74, 6) is 0.720. The monoisotopic (exact) mass is 283 g/mol. The van der Waals surface area contributed by atoms with Gasteiger partial charge < -0.3 is 14.3 Å². The van der Waals surface area contributed by atoms with Gasteiger partial charge in [-0.25, -0.2) is 0 Å². The summed E-state index contributed by atoms with van der Waals surface area (Å²) in [5, 5.41) is 9.21. The molecule has 0 spiro atoms. The van der Waals surface area contributed by atoms with Crippen LogP contribution in [0.2, 0.25) is 18.1 Å². The molecule has 1 N–H and O–H groups in total. The first-order valence-electron chi connectivity index (χ1n) is 6.59. The lowest BCUT2D eigenvalue weighted by Gasteiger charge is -2.36. The third kappa shape index (κ3) is 4.93. The Bertz CT molecular complexity index is 402. The summed E-state index contributed by atoms with van der Waals surface area (Å²) < 4.78 is 11.6. The molecule has 0 saturated heterocycles. The van der Waals surface area contributed by atoms with Gasteiger partial charge in [0, 0.05) is 12.3 Å². The second kappa shape index (κ2) is 6.50. The average Bonchev–Trinajstić information content (AvgIpc) is 2.33. The smallest absolute Gasteiger partial charge is 0.192 e. The molecule has 0 radical (unpaired) electrons. The van der Waals surface area contributed by atoms with Crippen LogP contribution < -0.4 is 4.74 Å². The first-order chi connectivity index (χ1) is 8.76. The highest BCUT2D eigenvalue weighted by Gasteiger charge is 2.36. The van der Waals surface area contributed by atoms with Crippen molar-refractivity contribution in [2.24, 2.45) is 0 Å². The second-order valence-electron chi connectivity index (χ2n) is 6.10. The summed E-state index contributed by atoms with van der Waals surface area (Å²) in [4.78, 5) is 4.00. The highest BCUT2D eigenvalue weighted by molar-refractivity contribution is 6.74. The minimum absolute atomic E-state index is 0.0718. The highest BCUT2D eigenvalue weighted by Crippen LogP contribution is 2.36. The maximum atomic E-state index is 8.99. The van der Waals surface area contributed by atoms with Crippen molar-refractivity contribution in [2.75, 3.05) is 13.2 Å². The quantitative estimate of drug-likeness (QED) is 0.644. The number of pyridine rings is 1. The van der Waals surface area contributed by atoms with Gasteiger partial charge in [0.1, 0.15) is 12.4 Å². The van der Waals surface area contributed by atoms with E-state index in [2.05, 4.69) is 38.8 Å². The highest BCUT2D eigenvalue weighted by atomic mass is 28.4. The van der Waals surface area contributed by atoms with Crippen molar-refractivity contribution in [1.29, 1.82) is 0 Å². The predicted octanol–water partition coefficient (Wildman–Crippen LogP) is 2.97. The number of hydrogen-bond acceptors (Lipinski definition) is 4. The number of aromatic nitrogens is 1. The Morgan fingerprint density at radius 1 is 1.26 bits per heavy atom. The Labute approximate surface area is 116 Å². The molecule has 0 aliphatic rings. The van der Waals surface area contributed by atoms with Crippen LogP contribution in [0.4, 0.5) is 0 Å². The molecule has 0 fully saturated rings. The molecule has 1 aromatic rings. The lowest BCUT2D eigenvalue weighted by atomic mass is 10.2.